The number of nitrogens with zero attached hydrogens (tertiary/aromatic N) is 3. The molecule has 2 N–H and O–H groups in total. The van der Waals surface area contributed by atoms with Crippen LogP contribution in [0.4, 0.5) is 10.2 Å². The van der Waals surface area contributed by atoms with Gasteiger partial charge in [0.25, 0.3) is 0 Å². The van der Waals surface area contributed by atoms with E-state index in [4.69, 9.17) is 0 Å². The Morgan fingerprint density at radius 2 is 1.81 bits per heavy atom. The average Bonchev–Trinajstić information content (AvgIpc) is 2.68. The fourth-order valence-corrected chi connectivity index (χ4v) is 2.96. The number of phenolic OH excluding ortho intramolecular Hbond substituents is 1. The van der Waals surface area contributed by atoms with Crippen LogP contribution in [0.3, 0.4) is 0 Å². The Kier molecular flexibility index (Phi) is 4.38. The number of halogens is 1. The second-order valence-corrected chi connectivity index (χ2v) is 6.32. The summed E-state index contributed by atoms with van der Waals surface area (Å²) < 4.78 is 13.0. The minimum atomic E-state index is -0.268. The minimum Gasteiger partial charge on any atom is -0.507 e. The number of hydrogen-bond acceptors (Lipinski definition) is 5. The van der Waals surface area contributed by atoms with Crippen molar-refractivity contribution in [1.82, 2.24) is 15.2 Å². The zero-order chi connectivity index (χ0) is 18.8. The number of anilines is 1. The molecule has 134 valence electrons. The summed E-state index contributed by atoms with van der Waals surface area (Å²) in [6.45, 7) is 2.40. The van der Waals surface area contributed by atoms with Crippen molar-refractivity contribution in [1.29, 1.82) is 0 Å². The lowest BCUT2D eigenvalue weighted by Gasteiger charge is -2.12. The van der Waals surface area contributed by atoms with E-state index >= 15 is 0 Å². The largest absolute Gasteiger partial charge is 0.507 e. The van der Waals surface area contributed by atoms with Crippen molar-refractivity contribution >= 4 is 16.6 Å². The monoisotopic (exact) mass is 360 g/mol. The van der Waals surface area contributed by atoms with E-state index in [1.165, 1.54) is 12.1 Å². The first kappa shape index (κ1) is 16.9. The number of aromatic nitrogens is 3. The lowest BCUT2D eigenvalue weighted by atomic mass is 10.0. The summed E-state index contributed by atoms with van der Waals surface area (Å²) in [5, 5.41) is 23.8. The number of nitrogens with one attached hydrogen (secondary N) is 1. The summed E-state index contributed by atoms with van der Waals surface area (Å²) >= 11 is 0. The number of aromatic hydroxyl groups is 1. The molecule has 0 saturated carbocycles. The van der Waals surface area contributed by atoms with E-state index in [0.29, 0.717) is 23.6 Å². The van der Waals surface area contributed by atoms with E-state index in [1.54, 1.807) is 30.6 Å². The molecule has 2 heterocycles. The van der Waals surface area contributed by atoms with Gasteiger partial charge in [-0.15, -0.1) is 10.2 Å². The van der Waals surface area contributed by atoms with Crippen LogP contribution in [0.1, 0.15) is 11.1 Å². The molecule has 0 unspecified atom stereocenters. The molecule has 5 nitrogen and oxygen atoms in total. The highest BCUT2D eigenvalue weighted by atomic mass is 19.1. The van der Waals surface area contributed by atoms with Crippen LogP contribution in [0.15, 0.2) is 60.9 Å². The zero-order valence-corrected chi connectivity index (χ0v) is 14.6. The fourth-order valence-electron chi connectivity index (χ4n) is 2.96. The highest BCUT2D eigenvalue weighted by molar-refractivity contribution is 6.00. The van der Waals surface area contributed by atoms with Crippen molar-refractivity contribution in [3.63, 3.8) is 0 Å². The maximum atomic E-state index is 13.0. The van der Waals surface area contributed by atoms with Gasteiger partial charge in [-0.3, -0.25) is 4.98 Å². The Morgan fingerprint density at radius 1 is 1.00 bits per heavy atom. The number of aryl methyl sites for hydroxylation is 1. The molecule has 0 aliphatic carbocycles. The summed E-state index contributed by atoms with van der Waals surface area (Å²) in [6.07, 6.45) is 3.40. The van der Waals surface area contributed by atoms with Crippen molar-refractivity contribution in [3.8, 4) is 17.0 Å². The number of phenols is 1. The molecule has 0 aliphatic heterocycles. The van der Waals surface area contributed by atoms with Crippen LogP contribution in [0.5, 0.6) is 5.75 Å². The van der Waals surface area contributed by atoms with Crippen LogP contribution < -0.4 is 5.32 Å². The number of hydrogen-bond donors (Lipinski definition) is 2. The molecule has 0 spiro atoms. The molecular formula is C21H17FN4O. The predicted molar refractivity (Wildman–Crippen MR) is 103 cm³/mol. The van der Waals surface area contributed by atoms with E-state index in [2.05, 4.69) is 20.5 Å². The molecule has 0 bridgehead atoms. The maximum Gasteiger partial charge on any atom is 0.158 e. The minimum absolute atomic E-state index is 0.162. The highest BCUT2D eigenvalue weighted by Crippen LogP contribution is 2.34. The fraction of sp³-hybridized carbons (Fsp3) is 0.0952. The highest BCUT2D eigenvalue weighted by Gasteiger charge is 2.14. The average molecular weight is 360 g/mol. The number of benzene rings is 2. The second kappa shape index (κ2) is 6.99. The lowest BCUT2D eigenvalue weighted by Crippen LogP contribution is -2.04. The molecule has 0 atom stereocenters. The van der Waals surface area contributed by atoms with Crippen LogP contribution in [0, 0.1) is 12.7 Å². The molecule has 0 aliphatic rings. The first-order chi connectivity index (χ1) is 13.1. The lowest BCUT2D eigenvalue weighted by molar-refractivity contribution is 0.476. The molecular weight excluding hydrogens is 343 g/mol. The summed E-state index contributed by atoms with van der Waals surface area (Å²) in [5.41, 5.74) is 3.11. The molecule has 6 heteroatoms. The van der Waals surface area contributed by atoms with Crippen molar-refractivity contribution < 1.29 is 9.50 Å². The summed E-state index contributed by atoms with van der Waals surface area (Å²) in [6, 6.07) is 13.6. The smallest absolute Gasteiger partial charge is 0.158 e. The van der Waals surface area contributed by atoms with Crippen LogP contribution >= 0.6 is 0 Å². The van der Waals surface area contributed by atoms with Gasteiger partial charge in [0, 0.05) is 35.3 Å². The second-order valence-electron chi connectivity index (χ2n) is 6.32. The Labute approximate surface area is 155 Å². The molecule has 2 aromatic carbocycles. The van der Waals surface area contributed by atoms with Crippen LogP contribution in [-0.2, 0) is 6.54 Å². The number of rotatable bonds is 4. The Morgan fingerprint density at radius 3 is 2.59 bits per heavy atom. The van der Waals surface area contributed by atoms with E-state index in [1.807, 2.05) is 25.1 Å². The van der Waals surface area contributed by atoms with Crippen molar-refractivity contribution in [2.75, 3.05) is 5.32 Å². The first-order valence-corrected chi connectivity index (χ1v) is 8.50. The molecule has 0 amide bonds. The quantitative estimate of drug-likeness (QED) is 0.562. The third-order valence-electron chi connectivity index (χ3n) is 4.36. The zero-order valence-electron chi connectivity index (χ0n) is 14.6. The Balaban J connectivity index is 1.73. The van der Waals surface area contributed by atoms with E-state index in [0.717, 1.165) is 21.9 Å². The van der Waals surface area contributed by atoms with Gasteiger partial charge in [0.1, 0.15) is 17.3 Å². The Hall–Kier alpha value is -3.54. The molecule has 4 aromatic rings. The summed E-state index contributed by atoms with van der Waals surface area (Å²) in [5.74, 6) is 0.475. The van der Waals surface area contributed by atoms with Gasteiger partial charge in [0.15, 0.2) is 5.82 Å². The van der Waals surface area contributed by atoms with E-state index in [-0.39, 0.29) is 11.6 Å². The van der Waals surface area contributed by atoms with Crippen molar-refractivity contribution in [2.24, 2.45) is 0 Å². The van der Waals surface area contributed by atoms with Gasteiger partial charge in [-0.25, -0.2) is 4.39 Å². The van der Waals surface area contributed by atoms with Gasteiger partial charge >= 0.3 is 0 Å². The first-order valence-electron chi connectivity index (χ1n) is 8.50. The third-order valence-corrected chi connectivity index (χ3v) is 4.36. The van der Waals surface area contributed by atoms with Gasteiger partial charge in [-0.2, -0.15) is 0 Å². The summed E-state index contributed by atoms with van der Waals surface area (Å²) in [7, 11) is 0. The molecule has 0 fully saturated rings. The number of pyridine rings is 1. The topological polar surface area (TPSA) is 70.9 Å². The van der Waals surface area contributed by atoms with Crippen LogP contribution in [0.25, 0.3) is 22.0 Å². The molecule has 27 heavy (non-hydrogen) atoms. The van der Waals surface area contributed by atoms with Gasteiger partial charge in [-0.1, -0.05) is 18.2 Å². The van der Waals surface area contributed by atoms with Crippen molar-refractivity contribution in [3.05, 3.63) is 77.9 Å². The van der Waals surface area contributed by atoms with E-state index < -0.39 is 0 Å². The number of fused-ring (bicyclic) bond motifs is 1. The molecule has 4 rings (SSSR count). The molecule has 0 radical (unpaired) electrons. The molecule has 2 aromatic heterocycles. The normalized spacial score (nSPS) is 10.9. The molecule has 0 saturated heterocycles. The summed E-state index contributed by atoms with van der Waals surface area (Å²) in [4.78, 5) is 4.19. The van der Waals surface area contributed by atoms with Crippen LogP contribution in [-0.4, -0.2) is 20.3 Å². The van der Waals surface area contributed by atoms with Gasteiger partial charge in [0.05, 0.1) is 0 Å². The van der Waals surface area contributed by atoms with Gasteiger partial charge in [-0.05, 0) is 48.4 Å². The van der Waals surface area contributed by atoms with Crippen LogP contribution in [0.2, 0.25) is 0 Å². The predicted octanol–water partition coefficient (Wildman–Crippen LogP) is 4.46. The standard InChI is InChI=1S/C21H17FN4O/c1-13-2-7-17(19(27)10-13)20-16-8-9-23-12-18(16)21(26-25-20)24-11-14-3-5-15(22)6-4-14/h2-10,12,27H,11H2,1H3,(H,24,26). The Bertz CT molecular complexity index is 1110. The van der Waals surface area contributed by atoms with E-state index in [9.17, 15) is 9.50 Å². The van der Waals surface area contributed by atoms with Crippen molar-refractivity contribution in [2.45, 2.75) is 13.5 Å². The van der Waals surface area contributed by atoms with Gasteiger partial charge < -0.3 is 10.4 Å². The maximum absolute atomic E-state index is 13.0. The van der Waals surface area contributed by atoms with Gasteiger partial charge in [0.2, 0.25) is 0 Å². The third kappa shape index (κ3) is 3.42. The SMILES string of the molecule is Cc1ccc(-c2nnc(NCc3ccc(F)cc3)c3cnccc23)c(O)c1.